The summed E-state index contributed by atoms with van der Waals surface area (Å²) in [5.41, 5.74) is 11.5. The van der Waals surface area contributed by atoms with E-state index in [-0.39, 0.29) is 31.1 Å². The van der Waals surface area contributed by atoms with Gasteiger partial charge < -0.3 is 25.7 Å². The average molecular weight is 350 g/mol. The summed E-state index contributed by atoms with van der Waals surface area (Å²) in [4.78, 5) is 23.0. The quantitative estimate of drug-likeness (QED) is 0.615. The maximum atomic E-state index is 11.7. The van der Waals surface area contributed by atoms with Crippen molar-refractivity contribution in [2.45, 2.75) is 6.61 Å². The molecule has 1 aliphatic heterocycles. The second-order valence-electron chi connectivity index (χ2n) is 4.65. The van der Waals surface area contributed by atoms with Crippen LogP contribution in [0.2, 0.25) is 5.02 Å². The van der Waals surface area contributed by atoms with Gasteiger partial charge >= 0.3 is 5.97 Å². The number of rotatable bonds is 4. The third kappa shape index (κ3) is 3.63. The van der Waals surface area contributed by atoms with Crippen molar-refractivity contribution in [1.82, 2.24) is 15.0 Å². The lowest BCUT2D eigenvalue weighted by Gasteiger charge is -2.03. The molecule has 1 aliphatic rings. The summed E-state index contributed by atoms with van der Waals surface area (Å²) in [7, 11) is 0. The Bertz CT molecular complexity index is 807. The number of nitrogen functional groups attached to an aromatic ring is 2. The van der Waals surface area contributed by atoms with E-state index in [0.717, 1.165) is 0 Å². The maximum absolute atomic E-state index is 11.7. The van der Waals surface area contributed by atoms with Crippen molar-refractivity contribution in [2.24, 2.45) is 0 Å². The van der Waals surface area contributed by atoms with E-state index in [2.05, 4.69) is 15.0 Å². The zero-order valence-electron chi connectivity index (χ0n) is 12.2. The van der Waals surface area contributed by atoms with Crippen LogP contribution < -0.4 is 20.9 Å². The van der Waals surface area contributed by atoms with E-state index < -0.39 is 5.97 Å². The van der Waals surface area contributed by atoms with Gasteiger partial charge in [0.05, 0.1) is 5.02 Å². The van der Waals surface area contributed by atoms with E-state index in [1.165, 1.54) is 12.2 Å². The first-order valence-electron chi connectivity index (χ1n) is 6.71. The molecule has 124 valence electrons. The van der Waals surface area contributed by atoms with E-state index >= 15 is 0 Å². The van der Waals surface area contributed by atoms with Crippen molar-refractivity contribution in [3.8, 4) is 11.5 Å². The zero-order valence-corrected chi connectivity index (χ0v) is 13.0. The monoisotopic (exact) mass is 349 g/mol. The molecule has 0 fully saturated rings. The first-order chi connectivity index (χ1) is 11.5. The maximum Gasteiger partial charge on any atom is 0.331 e. The molecular weight excluding hydrogens is 338 g/mol. The van der Waals surface area contributed by atoms with E-state index in [4.69, 9.17) is 37.3 Å². The number of anilines is 2. The molecule has 9 nitrogen and oxygen atoms in total. The molecule has 3 rings (SSSR count). The van der Waals surface area contributed by atoms with Gasteiger partial charge in [0.25, 0.3) is 0 Å². The van der Waals surface area contributed by atoms with Gasteiger partial charge in [-0.3, -0.25) is 0 Å². The number of ether oxygens (including phenoxy) is 3. The number of hydrogen-bond acceptors (Lipinski definition) is 9. The number of carbonyl (C=O) groups is 1. The lowest BCUT2D eigenvalue weighted by molar-refractivity contribution is -0.139. The van der Waals surface area contributed by atoms with E-state index in [0.29, 0.717) is 22.1 Å². The van der Waals surface area contributed by atoms with E-state index in [1.54, 1.807) is 12.1 Å². The number of nitrogens with two attached hydrogens (primary N) is 2. The van der Waals surface area contributed by atoms with Gasteiger partial charge in [-0.1, -0.05) is 11.6 Å². The fourth-order valence-electron chi connectivity index (χ4n) is 1.95. The number of hydrogen-bond donors (Lipinski definition) is 2. The highest BCUT2D eigenvalue weighted by Gasteiger charge is 2.17. The normalized spacial score (nSPS) is 12.5. The molecule has 2 aromatic rings. The van der Waals surface area contributed by atoms with Gasteiger partial charge in [-0.25, -0.2) is 4.79 Å². The molecule has 0 saturated carbocycles. The Morgan fingerprint density at radius 2 is 2.00 bits per heavy atom. The third-order valence-corrected chi connectivity index (χ3v) is 3.20. The first-order valence-corrected chi connectivity index (χ1v) is 7.09. The average Bonchev–Trinajstić information content (AvgIpc) is 2.99. The molecule has 1 aromatic heterocycles. The van der Waals surface area contributed by atoms with Crippen LogP contribution in [0.1, 0.15) is 11.4 Å². The molecule has 1 aromatic carbocycles. The third-order valence-electron chi connectivity index (χ3n) is 2.92. The first kappa shape index (κ1) is 15.8. The molecule has 0 atom stereocenters. The second-order valence-corrected chi connectivity index (χ2v) is 5.05. The molecule has 10 heteroatoms. The number of aromatic nitrogens is 3. The standard InChI is InChI=1S/C14H12ClN5O4/c15-8-3-7(4-9-12(8)24-6-23-9)1-2-11(21)22-5-10-18-13(16)20-14(17)19-10/h1-4H,5-6H2,(H4,16,17,18,19,20)/b2-1+. The molecule has 4 N–H and O–H groups in total. The number of nitrogens with zero attached hydrogens (tertiary/aromatic N) is 3. The minimum Gasteiger partial charge on any atom is -0.454 e. The number of halogens is 1. The molecule has 0 spiro atoms. The van der Waals surface area contributed by atoms with Crippen molar-refractivity contribution < 1.29 is 19.0 Å². The van der Waals surface area contributed by atoms with Crippen LogP contribution in [0.15, 0.2) is 18.2 Å². The second kappa shape index (κ2) is 6.59. The summed E-state index contributed by atoms with van der Waals surface area (Å²) >= 11 is 6.06. The van der Waals surface area contributed by atoms with Gasteiger partial charge in [0, 0.05) is 6.08 Å². The predicted molar refractivity (Wildman–Crippen MR) is 85.1 cm³/mol. The Morgan fingerprint density at radius 1 is 1.25 bits per heavy atom. The molecule has 0 amide bonds. The van der Waals surface area contributed by atoms with Gasteiger partial charge in [-0.15, -0.1) is 0 Å². The lowest BCUT2D eigenvalue weighted by atomic mass is 10.2. The Labute approximate surface area is 141 Å². The van der Waals surface area contributed by atoms with Crippen molar-refractivity contribution in [2.75, 3.05) is 18.3 Å². The highest BCUT2D eigenvalue weighted by Crippen LogP contribution is 2.40. The molecular formula is C14H12ClN5O4. The summed E-state index contributed by atoms with van der Waals surface area (Å²) < 4.78 is 15.5. The fourth-order valence-corrected chi connectivity index (χ4v) is 2.23. The minimum absolute atomic E-state index is 0.0425. The smallest absolute Gasteiger partial charge is 0.331 e. The summed E-state index contributed by atoms with van der Waals surface area (Å²) in [6, 6.07) is 3.34. The zero-order chi connectivity index (χ0) is 17.1. The molecule has 2 heterocycles. The number of esters is 1. The summed E-state index contributed by atoms with van der Waals surface area (Å²) in [6.45, 7) is -0.0650. The van der Waals surface area contributed by atoms with Crippen molar-refractivity contribution in [3.05, 3.63) is 34.6 Å². The highest BCUT2D eigenvalue weighted by atomic mass is 35.5. The minimum atomic E-state index is -0.596. The van der Waals surface area contributed by atoms with Crippen molar-refractivity contribution in [1.29, 1.82) is 0 Å². The predicted octanol–water partition coefficient (Wildman–Crippen LogP) is 1.17. The molecule has 24 heavy (non-hydrogen) atoms. The van der Waals surface area contributed by atoms with E-state index in [9.17, 15) is 4.79 Å². The van der Waals surface area contributed by atoms with Crippen LogP contribution in [-0.2, 0) is 16.1 Å². The SMILES string of the molecule is Nc1nc(N)nc(COC(=O)/C=C/c2cc(Cl)c3c(c2)OCO3)n1. The Hall–Kier alpha value is -3.07. The number of carbonyl (C=O) groups excluding carboxylic acids is 1. The van der Waals surface area contributed by atoms with Crippen LogP contribution in [0.3, 0.4) is 0 Å². The Kier molecular flexibility index (Phi) is 4.34. The molecule has 0 unspecified atom stereocenters. The number of fused-ring (bicyclic) bond motifs is 1. The van der Waals surface area contributed by atoms with Gasteiger partial charge in [0.15, 0.2) is 23.9 Å². The summed E-state index contributed by atoms with van der Waals surface area (Å²) in [6.07, 6.45) is 2.77. The van der Waals surface area contributed by atoms with Gasteiger partial charge in [0.2, 0.25) is 18.7 Å². The van der Waals surface area contributed by atoms with Gasteiger partial charge in [-0.2, -0.15) is 15.0 Å². The van der Waals surface area contributed by atoms with E-state index in [1.807, 2.05) is 0 Å². The fraction of sp³-hybridized carbons (Fsp3) is 0.143. The highest BCUT2D eigenvalue weighted by molar-refractivity contribution is 6.32. The van der Waals surface area contributed by atoms with Crippen LogP contribution in [0, 0.1) is 0 Å². The van der Waals surface area contributed by atoms with Crippen molar-refractivity contribution in [3.63, 3.8) is 0 Å². The summed E-state index contributed by atoms with van der Waals surface area (Å²) in [5, 5.41) is 0.397. The molecule has 0 radical (unpaired) electrons. The summed E-state index contributed by atoms with van der Waals surface area (Å²) in [5.74, 6) is 0.487. The lowest BCUT2D eigenvalue weighted by Crippen LogP contribution is -2.09. The molecule has 0 saturated heterocycles. The van der Waals surface area contributed by atoms with Crippen LogP contribution >= 0.6 is 11.6 Å². The van der Waals surface area contributed by atoms with Gasteiger partial charge in [-0.05, 0) is 23.8 Å². The topological polar surface area (TPSA) is 135 Å². The van der Waals surface area contributed by atoms with Crippen molar-refractivity contribution >= 4 is 35.5 Å². The molecule has 0 bridgehead atoms. The molecule has 0 aliphatic carbocycles. The van der Waals surface area contributed by atoms with Crippen LogP contribution in [0.5, 0.6) is 11.5 Å². The van der Waals surface area contributed by atoms with Gasteiger partial charge in [0.1, 0.15) is 0 Å². The Balaban J connectivity index is 1.62. The number of benzene rings is 1. The Morgan fingerprint density at radius 3 is 2.75 bits per heavy atom. The van der Waals surface area contributed by atoms with Crippen LogP contribution in [0.4, 0.5) is 11.9 Å². The van der Waals surface area contributed by atoms with Crippen LogP contribution in [0.25, 0.3) is 6.08 Å². The van der Waals surface area contributed by atoms with Crippen LogP contribution in [-0.4, -0.2) is 27.7 Å². The largest absolute Gasteiger partial charge is 0.454 e.